The molecule has 0 bridgehead atoms. The van der Waals surface area contributed by atoms with Crippen LogP contribution in [0.15, 0.2) is 0 Å². The van der Waals surface area contributed by atoms with Crippen LogP contribution in [0.2, 0.25) is 0 Å². The van der Waals surface area contributed by atoms with Crippen LogP contribution in [0.4, 0.5) is 0 Å². The molecule has 16 heavy (non-hydrogen) atoms. The van der Waals surface area contributed by atoms with Gasteiger partial charge in [-0.05, 0) is 33.4 Å². The van der Waals surface area contributed by atoms with Gasteiger partial charge in [0.2, 0.25) is 0 Å². The van der Waals surface area contributed by atoms with Crippen molar-refractivity contribution in [2.45, 2.75) is 44.1 Å². The molecule has 1 aliphatic heterocycles. The summed E-state index contributed by atoms with van der Waals surface area (Å²) < 4.78 is 11.1. The van der Waals surface area contributed by atoms with Gasteiger partial charge in [0.1, 0.15) is 0 Å². The van der Waals surface area contributed by atoms with Gasteiger partial charge in [-0.1, -0.05) is 0 Å². The Bertz CT molecular complexity index is 225. The Hall–Kier alpha value is -0.160. The van der Waals surface area contributed by atoms with Crippen LogP contribution in [-0.2, 0) is 9.47 Å². The average Bonchev–Trinajstić information content (AvgIpc) is 2.63. The molecule has 1 aliphatic carbocycles. The highest BCUT2D eigenvalue weighted by molar-refractivity contribution is 4.99. The second kappa shape index (κ2) is 5.45. The quantitative estimate of drug-likeness (QED) is 0.742. The van der Waals surface area contributed by atoms with E-state index in [0.29, 0.717) is 18.2 Å². The van der Waals surface area contributed by atoms with Crippen molar-refractivity contribution in [1.82, 2.24) is 10.2 Å². The van der Waals surface area contributed by atoms with Crippen molar-refractivity contribution < 1.29 is 9.47 Å². The van der Waals surface area contributed by atoms with Gasteiger partial charge in [-0.3, -0.25) is 0 Å². The van der Waals surface area contributed by atoms with E-state index < -0.39 is 0 Å². The molecule has 2 rings (SSSR count). The summed E-state index contributed by atoms with van der Waals surface area (Å²) in [7, 11) is 3.96. The predicted octanol–water partition coefficient (Wildman–Crippen LogP) is 0.473. The van der Waals surface area contributed by atoms with Crippen LogP contribution in [0, 0.1) is 0 Å². The first-order chi connectivity index (χ1) is 7.74. The summed E-state index contributed by atoms with van der Waals surface area (Å²) in [5, 5.41) is 3.69. The first-order valence-electron chi connectivity index (χ1n) is 6.33. The molecule has 0 aromatic heterocycles. The molecular weight excluding hydrogens is 204 g/mol. The molecule has 4 unspecified atom stereocenters. The molecule has 1 saturated heterocycles. The Morgan fingerprint density at radius 2 is 2.25 bits per heavy atom. The Morgan fingerprint density at radius 1 is 1.44 bits per heavy atom. The highest BCUT2D eigenvalue weighted by Gasteiger charge is 2.43. The van der Waals surface area contributed by atoms with E-state index in [1.54, 1.807) is 7.11 Å². The van der Waals surface area contributed by atoms with Crippen LogP contribution in [0.3, 0.4) is 0 Å². The number of likely N-dealkylation sites (N-methyl/N-ethyl adjacent to an activating group) is 1. The summed E-state index contributed by atoms with van der Waals surface area (Å²) in [5.74, 6) is 0. The number of likely N-dealkylation sites (tertiary alicyclic amines) is 1. The standard InChI is InChI=1S/C12H24N2O2/c1-4-16-11-7-10(12(11)15-3)13-9-5-6-14(2)8-9/h9-13H,4-8H2,1-3H3. The number of rotatable bonds is 5. The van der Waals surface area contributed by atoms with E-state index >= 15 is 0 Å². The normalized spacial score (nSPS) is 39.9. The number of hydrogen-bond acceptors (Lipinski definition) is 4. The monoisotopic (exact) mass is 228 g/mol. The summed E-state index contributed by atoms with van der Waals surface area (Å²) in [5.41, 5.74) is 0. The zero-order valence-corrected chi connectivity index (χ0v) is 10.6. The summed E-state index contributed by atoms with van der Waals surface area (Å²) in [6, 6.07) is 1.12. The maximum absolute atomic E-state index is 5.62. The minimum atomic E-state index is 0.242. The van der Waals surface area contributed by atoms with Crippen molar-refractivity contribution in [3.8, 4) is 0 Å². The van der Waals surface area contributed by atoms with Gasteiger partial charge >= 0.3 is 0 Å². The van der Waals surface area contributed by atoms with E-state index in [1.807, 2.05) is 6.92 Å². The van der Waals surface area contributed by atoms with E-state index in [2.05, 4.69) is 17.3 Å². The molecule has 0 spiro atoms. The van der Waals surface area contributed by atoms with Crippen molar-refractivity contribution in [3.05, 3.63) is 0 Å². The third kappa shape index (κ3) is 2.56. The number of methoxy groups -OCH3 is 1. The lowest BCUT2D eigenvalue weighted by molar-refractivity contribution is -0.132. The van der Waals surface area contributed by atoms with Gasteiger partial charge < -0.3 is 19.7 Å². The molecular formula is C12H24N2O2. The third-order valence-electron chi connectivity index (χ3n) is 3.74. The summed E-state index contributed by atoms with van der Waals surface area (Å²) in [6.45, 7) is 5.19. The van der Waals surface area contributed by atoms with Gasteiger partial charge in [0.25, 0.3) is 0 Å². The first-order valence-corrected chi connectivity index (χ1v) is 6.33. The van der Waals surface area contributed by atoms with Crippen LogP contribution in [-0.4, -0.2) is 63.0 Å². The van der Waals surface area contributed by atoms with E-state index in [-0.39, 0.29) is 6.10 Å². The highest BCUT2D eigenvalue weighted by atomic mass is 16.5. The minimum absolute atomic E-state index is 0.242. The topological polar surface area (TPSA) is 33.7 Å². The van der Waals surface area contributed by atoms with E-state index in [0.717, 1.165) is 19.6 Å². The predicted molar refractivity (Wildman–Crippen MR) is 63.7 cm³/mol. The fourth-order valence-corrected chi connectivity index (χ4v) is 2.81. The Kier molecular flexibility index (Phi) is 4.19. The molecule has 0 aromatic rings. The van der Waals surface area contributed by atoms with Gasteiger partial charge in [0.15, 0.2) is 0 Å². The minimum Gasteiger partial charge on any atom is -0.377 e. The van der Waals surface area contributed by atoms with Crippen molar-refractivity contribution in [2.75, 3.05) is 33.9 Å². The molecule has 2 fully saturated rings. The molecule has 4 nitrogen and oxygen atoms in total. The lowest BCUT2D eigenvalue weighted by Crippen LogP contribution is -2.62. The fraction of sp³-hybridized carbons (Fsp3) is 1.00. The third-order valence-corrected chi connectivity index (χ3v) is 3.74. The number of ether oxygens (including phenoxy) is 2. The molecule has 94 valence electrons. The Labute approximate surface area is 98.3 Å². The molecule has 0 radical (unpaired) electrons. The van der Waals surface area contributed by atoms with Crippen molar-refractivity contribution in [1.29, 1.82) is 0 Å². The van der Waals surface area contributed by atoms with E-state index in [9.17, 15) is 0 Å². The zero-order chi connectivity index (χ0) is 11.5. The van der Waals surface area contributed by atoms with Gasteiger partial charge in [-0.15, -0.1) is 0 Å². The zero-order valence-electron chi connectivity index (χ0n) is 10.6. The Balaban J connectivity index is 1.74. The van der Waals surface area contributed by atoms with Gasteiger partial charge in [-0.2, -0.15) is 0 Å². The molecule has 1 N–H and O–H groups in total. The number of nitrogens with one attached hydrogen (secondary N) is 1. The number of hydrogen-bond donors (Lipinski definition) is 1. The second-order valence-electron chi connectivity index (χ2n) is 4.95. The van der Waals surface area contributed by atoms with Crippen molar-refractivity contribution in [3.63, 3.8) is 0 Å². The lowest BCUT2D eigenvalue weighted by atomic mass is 9.84. The molecule has 2 aliphatic rings. The van der Waals surface area contributed by atoms with Crippen LogP contribution >= 0.6 is 0 Å². The van der Waals surface area contributed by atoms with Crippen molar-refractivity contribution in [2.24, 2.45) is 0 Å². The molecule has 4 atom stereocenters. The van der Waals surface area contributed by atoms with Gasteiger partial charge in [-0.25, -0.2) is 0 Å². The Morgan fingerprint density at radius 3 is 2.81 bits per heavy atom. The molecule has 1 heterocycles. The summed E-state index contributed by atoms with van der Waals surface area (Å²) in [4.78, 5) is 2.37. The van der Waals surface area contributed by atoms with E-state index in [4.69, 9.17) is 9.47 Å². The average molecular weight is 228 g/mol. The van der Waals surface area contributed by atoms with E-state index in [1.165, 1.54) is 13.0 Å². The van der Waals surface area contributed by atoms with Crippen LogP contribution < -0.4 is 5.32 Å². The summed E-state index contributed by atoms with van der Waals surface area (Å²) in [6.07, 6.45) is 2.88. The molecule has 0 aromatic carbocycles. The maximum Gasteiger partial charge on any atom is 0.0986 e. The molecule has 1 saturated carbocycles. The van der Waals surface area contributed by atoms with Crippen LogP contribution in [0.5, 0.6) is 0 Å². The lowest BCUT2D eigenvalue weighted by Gasteiger charge is -2.44. The first kappa shape index (κ1) is 12.3. The number of nitrogens with zero attached hydrogens (tertiary/aromatic N) is 1. The second-order valence-corrected chi connectivity index (χ2v) is 4.95. The SMILES string of the molecule is CCOC1CC(NC2CCN(C)C2)C1OC. The summed E-state index contributed by atoms with van der Waals surface area (Å²) >= 11 is 0. The maximum atomic E-state index is 5.62. The largest absolute Gasteiger partial charge is 0.377 e. The van der Waals surface area contributed by atoms with Gasteiger partial charge in [0, 0.05) is 32.3 Å². The van der Waals surface area contributed by atoms with Gasteiger partial charge in [0.05, 0.1) is 12.2 Å². The van der Waals surface area contributed by atoms with Crippen LogP contribution in [0.1, 0.15) is 19.8 Å². The highest BCUT2D eigenvalue weighted by Crippen LogP contribution is 2.28. The molecule has 0 amide bonds. The fourth-order valence-electron chi connectivity index (χ4n) is 2.81. The molecule has 4 heteroatoms. The smallest absolute Gasteiger partial charge is 0.0986 e. The van der Waals surface area contributed by atoms with Crippen molar-refractivity contribution >= 4 is 0 Å². The van der Waals surface area contributed by atoms with Crippen LogP contribution in [0.25, 0.3) is 0 Å².